The van der Waals surface area contributed by atoms with E-state index in [1.807, 2.05) is 13.8 Å². The van der Waals surface area contributed by atoms with Crippen molar-refractivity contribution in [2.75, 3.05) is 19.8 Å². The molecular weight excluding hydrogens is 156 g/mol. The first kappa shape index (κ1) is 9.68. The van der Waals surface area contributed by atoms with Crippen molar-refractivity contribution in [2.24, 2.45) is 5.92 Å². The highest BCUT2D eigenvalue weighted by molar-refractivity contribution is 5.81. The Kier molecular flexibility index (Phi) is 3.69. The van der Waals surface area contributed by atoms with Crippen molar-refractivity contribution in [2.45, 2.75) is 26.4 Å². The summed E-state index contributed by atoms with van der Waals surface area (Å²) in [6, 6.07) is 0. The molecule has 0 saturated carbocycles. The lowest BCUT2D eigenvalue weighted by Gasteiger charge is -2.09. The van der Waals surface area contributed by atoms with Gasteiger partial charge in [-0.3, -0.25) is 4.79 Å². The molecule has 0 aliphatic carbocycles. The van der Waals surface area contributed by atoms with Gasteiger partial charge in [0.2, 0.25) is 0 Å². The van der Waals surface area contributed by atoms with E-state index in [2.05, 4.69) is 0 Å². The summed E-state index contributed by atoms with van der Waals surface area (Å²) in [5.41, 5.74) is 0. The molecular formula is C9H16O3. The van der Waals surface area contributed by atoms with Crippen LogP contribution in [-0.4, -0.2) is 31.7 Å². The molecule has 0 amide bonds. The number of Topliss-reactive ketones (excluding diaryl/α,β-unsaturated/α-hetero) is 1. The van der Waals surface area contributed by atoms with Crippen LogP contribution < -0.4 is 0 Å². The Labute approximate surface area is 73.0 Å². The van der Waals surface area contributed by atoms with E-state index >= 15 is 0 Å². The molecule has 3 nitrogen and oxygen atoms in total. The molecule has 1 aliphatic heterocycles. The zero-order valence-electron chi connectivity index (χ0n) is 7.71. The van der Waals surface area contributed by atoms with Gasteiger partial charge in [0.1, 0.15) is 6.61 Å². The van der Waals surface area contributed by atoms with Crippen LogP contribution in [0.3, 0.4) is 0 Å². The van der Waals surface area contributed by atoms with Gasteiger partial charge < -0.3 is 9.47 Å². The van der Waals surface area contributed by atoms with Crippen molar-refractivity contribution >= 4 is 5.78 Å². The van der Waals surface area contributed by atoms with Crippen LogP contribution in [0.25, 0.3) is 0 Å². The number of ether oxygens (including phenoxy) is 2. The molecule has 0 spiro atoms. The van der Waals surface area contributed by atoms with Gasteiger partial charge in [0.15, 0.2) is 5.78 Å². The van der Waals surface area contributed by atoms with E-state index in [9.17, 15) is 4.79 Å². The largest absolute Gasteiger partial charge is 0.379 e. The lowest BCUT2D eigenvalue weighted by atomic mass is 10.1. The maximum atomic E-state index is 11.1. The Morgan fingerprint density at radius 2 is 2.42 bits per heavy atom. The highest BCUT2D eigenvalue weighted by Gasteiger charge is 2.17. The Hall–Kier alpha value is -0.410. The third kappa shape index (κ3) is 2.91. The second-order valence-electron chi connectivity index (χ2n) is 3.42. The van der Waals surface area contributed by atoms with Crippen molar-refractivity contribution in [3.63, 3.8) is 0 Å². The summed E-state index contributed by atoms with van der Waals surface area (Å²) in [5.74, 6) is 0.245. The third-order valence-electron chi connectivity index (χ3n) is 1.99. The number of carbonyl (C=O) groups is 1. The predicted molar refractivity (Wildman–Crippen MR) is 45.0 cm³/mol. The van der Waals surface area contributed by atoms with Crippen LogP contribution in [-0.2, 0) is 14.3 Å². The van der Waals surface area contributed by atoms with Crippen molar-refractivity contribution in [3.8, 4) is 0 Å². The fraction of sp³-hybridized carbons (Fsp3) is 0.889. The topological polar surface area (TPSA) is 35.5 Å². The zero-order chi connectivity index (χ0) is 8.97. The van der Waals surface area contributed by atoms with Gasteiger partial charge in [0.05, 0.1) is 12.7 Å². The summed E-state index contributed by atoms with van der Waals surface area (Å²) in [7, 11) is 0. The quantitative estimate of drug-likeness (QED) is 0.635. The van der Waals surface area contributed by atoms with E-state index in [0.29, 0.717) is 6.61 Å². The summed E-state index contributed by atoms with van der Waals surface area (Å²) >= 11 is 0. The monoisotopic (exact) mass is 172 g/mol. The first-order chi connectivity index (χ1) is 5.70. The highest BCUT2D eigenvalue weighted by Crippen LogP contribution is 2.08. The van der Waals surface area contributed by atoms with Crippen LogP contribution in [0, 0.1) is 5.92 Å². The molecule has 0 bridgehead atoms. The Bertz CT molecular complexity index is 148. The lowest BCUT2D eigenvalue weighted by molar-refractivity contribution is -0.128. The van der Waals surface area contributed by atoms with Gasteiger partial charge in [-0.05, 0) is 6.42 Å². The molecule has 1 saturated heterocycles. The maximum Gasteiger partial charge on any atom is 0.160 e. The summed E-state index contributed by atoms with van der Waals surface area (Å²) < 4.78 is 10.5. The molecule has 12 heavy (non-hydrogen) atoms. The van der Waals surface area contributed by atoms with Crippen LogP contribution in [0.5, 0.6) is 0 Å². The van der Waals surface area contributed by atoms with E-state index < -0.39 is 0 Å². The second-order valence-corrected chi connectivity index (χ2v) is 3.42. The summed E-state index contributed by atoms with van der Waals surface area (Å²) in [5, 5.41) is 0. The molecule has 0 aromatic carbocycles. The average Bonchev–Trinajstić information content (AvgIpc) is 2.51. The van der Waals surface area contributed by atoms with E-state index in [0.717, 1.165) is 13.0 Å². The molecule has 0 radical (unpaired) electrons. The lowest BCUT2D eigenvalue weighted by Crippen LogP contribution is -2.21. The molecule has 1 unspecified atom stereocenters. The normalized spacial score (nSPS) is 23.4. The minimum absolute atomic E-state index is 0.0762. The minimum Gasteiger partial charge on any atom is -0.379 e. The van der Waals surface area contributed by atoms with Gasteiger partial charge in [-0.15, -0.1) is 0 Å². The van der Waals surface area contributed by atoms with E-state index in [1.54, 1.807) is 0 Å². The van der Waals surface area contributed by atoms with Gasteiger partial charge in [-0.1, -0.05) is 13.8 Å². The summed E-state index contributed by atoms with van der Waals surface area (Å²) in [4.78, 5) is 11.1. The average molecular weight is 172 g/mol. The fourth-order valence-corrected chi connectivity index (χ4v) is 1.01. The molecule has 1 aliphatic rings. The molecule has 0 aromatic rings. The number of carbonyl (C=O) groups excluding carboxylic acids is 1. The first-order valence-electron chi connectivity index (χ1n) is 4.42. The van der Waals surface area contributed by atoms with Gasteiger partial charge in [0, 0.05) is 12.5 Å². The van der Waals surface area contributed by atoms with Crippen molar-refractivity contribution < 1.29 is 14.3 Å². The van der Waals surface area contributed by atoms with Crippen molar-refractivity contribution in [3.05, 3.63) is 0 Å². The molecule has 0 aromatic heterocycles. The van der Waals surface area contributed by atoms with Crippen LogP contribution in [0.2, 0.25) is 0 Å². The predicted octanol–water partition coefficient (Wildman–Crippen LogP) is 1.02. The minimum atomic E-state index is 0.0762. The molecule has 70 valence electrons. The molecule has 1 rings (SSSR count). The van der Waals surface area contributed by atoms with Crippen molar-refractivity contribution in [1.29, 1.82) is 0 Å². The molecule has 1 atom stereocenters. The molecule has 3 heteroatoms. The Morgan fingerprint density at radius 1 is 1.67 bits per heavy atom. The van der Waals surface area contributed by atoms with E-state index in [-0.39, 0.29) is 24.4 Å². The summed E-state index contributed by atoms with van der Waals surface area (Å²) in [6.45, 7) is 5.42. The van der Waals surface area contributed by atoms with Gasteiger partial charge in [0.25, 0.3) is 0 Å². The number of hydrogen-bond acceptors (Lipinski definition) is 3. The maximum absolute atomic E-state index is 11.1. The molecule has 0 N–H and O–H groups in total. The Balaban J connectivity index is 2.12. The van der Waals surface area contributed by atoms with Gasteiger partial charge in [-0.25, -0.2) is 0 Å². The van der Waals surface area contributed by atoms with Gasteiger partial charge in [-0.2, -0.15) is 0 Å². The zero-order valence-corrected chi connectivity index (χ0v) is 7.71. The number of ketones is 1. The molecule has 1 fully saturated rings. The van der Waals surface area contributed by atoms with Crippen LogP contribution >= 0.6 is 0 Å². The smallest absolute Gasteiger partial charge is 0.160 e. The van der Waals surface area contributed by atoms with Crippen LogP contribution in [0.15, 0.2) is 0 Å². The van der Waals surface area contributed by atoms with Crippen molar-refractivity contribution in [1.82, 2.24) is 0 Å². The number of rotatable bonds is 4. The fourth-order valence-electron chi connectivity index (χ4n) is 1.01. The molecule has 1 heterocycles. The van der Waals surface area contributed by atoms with E-state index in [4.69, 9.17) is 9.47 Å². The summed E-state index contributed by atoms with van der Waals surface area (Å²) in [6.07, 6.45) is 1.07. The van der Waals surface area contributed by atoms with Crippen LogP contribution in [0.1, 0.15) is 20.3 Å². The SMILES string of the molecule is CC(C)C(=O)COC1CCOC1. The van der Waals surface area contributed by atoms with Crippen LogP contribution in [0.4, 0.5) is 0 Å². The highest BCUT2D eigenvalue weighted by atomic mass is 16.5. The third-order valence-corrected chi connectivity index (χ3v) is 1.99. The second kappa shape index (κ2) is 4.58. The first-order valence-corrected chi connectivity index (χ1v) is 4.42. The number of hydrogen-bond donors (Lipinski definition) is 0. The van der Waals surface area contributed by atoms with E-state index in [1.165, 1.54) is 0 Å². The standard InChI is InChI=1S/C9H16O3/c1-7(2)9(10)6-12-8-3-4-11-5-8/h7-8H,3-6H2,1-2H3. The van der Waals surface area contributed by atoms with Gasteiger partial charge >= 0.3 is 0 Å². The Morgan fingerprint density at radius 3 is 2.92 bits per heavy atom.